The Labute approximate surface area is 123 Å². The summed E-state index contributed by atoms with van der Waals surface area (Å²) in [6, 6.07) is 4.42. The molecule has 0 bridgehead atoms. The number of rotatable bonds is 3. The van der Waals surface area contributed by atoms with Crippen LogP contribution in [0.15, 0.2) is 23.0 Å². The van der Waals surface area contributed by atoms with Crippen LogP contribution in [0.3, 0.4) is 0 Å². The molecule has 0 radical (unpaired) electrons. The van der Waals surface area contributed by atoms with Crippen LogP contribution in [0.25, 0.3) is 0 Å². The topological polar surface area (TPSA) is 79.6 Å². The van der Waals surface area contributed by atoms with Crippen LogP contribution in [-0.4, -0.2) is 39.0 Å². The van der Waals surface area contributed by atoms with Gasteiger partial charge in [0.1, 0.15) is 11.2 Å². The maximum atomic E-state index is 12.6. The van der Waals surface area contributed by atoms with E-state index >= 15 is 0 Å². The number of likely N-dealkylation sites (N-methyl/N-ethyl adjacent to an activating group) is 1. The first-order valence-corrected chi connectivity index (χ1v) is 7.08. The van der Waals surface area contributed by atoms with Gasteiger partial charge < -0.3 is 14.6 Å². The molecule has 1 amide bonds. The molecule has 0 aromatic carbocycles. The number of nitrogens with zero attached hydrogens (tertiary/aromatic N) is 2. The van der Waals surface area contributed by atoms with Crippen molar-refractivity contribution in [2.24, 2.45) is 7.05 Å². The molecule has 2 rings (SSSR count). The maximum Gasteiger partial charge on any atom is 0.329 e. The Kier molecular flexibility index (Phi) is 4.16. The fourth-order valence-electron chi connectivity index (χ4n) is 2.97. The zero-order valence-electron chi connectivity index (χ0n) is 12.3. The Morgan fingerprint density at radius 1 is 1.24 bits per heavy atom. The predicted molar refractivity (Wildman–Crippen MR) is 77.2 cm³/mol. The lowest BCUT2D eigenvalue weighted by Crippen LogP contribution is -2.56. The second-order valence-corrected chi connectivity index (χ2v) is 5.57. The zero-order chi connectivity index (χ0) is 15.6. The molecule has 1 fully saturated rings. The minimum Gasteiger partial charge on any atom is -0.479 e. The van der Waals surface area contributed by atoms with Gasteiger partial charge in [0.15, 0.2) is 0 Å². The van der Waals surface area contributed by atoms with Crippen LogP contribution in [0.1, 0.15) is 42.6 Å². The fraction of sp³-hybridized carbons (Fsp3) is 0.533. The highest BCUT2D eigenvalue weighted by Gasteiger charge is 2.45. The number of aromatic nitrogens is 1. The average molecular weight is 292 g/mol. The number of hydrogen-bond donors (Lipinski definition) is 1. The van der Waals surface area contributed by atoms with E-state index in [2.05, 4.69) is 0 Å². The van der Waals surface area contributed by atoms with Crippen molar-refractivity contribution < 1.29 is 14.7 Å². The molecule has 6 heteroatoms. The van der Waals surface area contributed by atoms with E-state index in [9.17, 15) is 19.5 Å². The van der Waals surface area contributed by atoms with Crippen molar-refractivity contribution in [3.8, 4) is 0 Å². The molecular weight excluding hydrogens is 272 g/mol. The first-order chi connectivity index (χ1) is 9.90. The third-order valence-electron chi connectivity index (χ3n) is 4.43. The molecular formula is C15H20N2O4. The highest BCUT2D eigenvalue weighted by atomic mass is 16.4. The average Bonchev–Trinajstić information content (AvgIpc) is 2.49. The van der Waals surface area contributed by atoms with Crippen molar-refractivity contribution >= 4 is 11.9 Å². The molecule has 0 aliphatic heterocycles. The SMILES string of the molecule is CN(C(=O)c1cccc(=O)n1C)C1(C(=O)O)CCCCC1. The number of carboxylic acids is 1. The van der Waals surface area contributed by atoms with Gasteiger partial charge in [-0.15, -0.1) is 0 Å². The summed E-state index contributed by atoms with van der Waals surface area (Å²) >= 11 is 0. The van der Waals surface area contributed by atoms with Gasteiger partial charge >= 0.3 is 5.97 Å². The third kappa shape index (κ3) is 2.57. The molecule has 114 valence electrons. The summed E-state index contributed by atoms with van der Waals surface area (Å²) in [6.07, 6.45) is 3.47. The van der Waals surface area contributed by atoms with Crippen LogP contribution in [0.2, 0.25) is 0 Å². The van der Waals surface area contributed by atoms with Gasteiger partial charge in [0.25, 0.3) is 11.5 Å². The highest BCUT2D eigenvalue weighted by Crippen LogP contribution is 2.34. The number of amides is 1. The molecule has 1 N–H and O–H groups in total. The Bertz CT molecular complexity index is 614. The minimum atomic E-state index is -1.17. The lowest BCUT2D eigenvalue weighted by molar-refractivity contribution is -0.151. The normalized spacial score (nSPS) is 17.2. The van der Waals surface area contributed by atoms with E-state index in [-0.39, 0.29) is 11.3 Å². The monoisotopic (exact) mass is 292 g/mol. The van der Waals surface area contributed by atoms with Crippen molar-refractivity contribution in [3.05, 3.63) is 34.2 Å². The molecule has 1 aliphatic rings. The zero-order valence-corrected chi connectivity index (χ0v) is 12.3. The first-order valence-electron chi connectivity index (χ1n) is 7.08. The molecule has 0 atom stereocenters. The number of carbonyl (C=O) groups is 2. The maximum absolute atomic E-state index is 12.6. The van der Waals surface area contributed by atoms with Crippen LogP contribution in [0.4, 0.5) is 0 Å². The van der Waals surface area contributed by atoms with Gasteiger partial charge in [-0.1, -0.05) is 25.3 Å². The smallest absolute Gasteiger partial charge is 0.329 e. The third-order valence-corrected chi connectivity index (χ3v) is 4.43. The highest BCUT2D eigenvalue weighted by molar-refractivity contribution is 5.96. The summed E-state index contributed by atoms with van der Waals surface area (Å²) in [7, 11) is 3.02. The second-order valence-electron chi connectivity index (χ2n) is 5.57. The summed E-state index contributed by atoms with van der Waals surface area (Å²) < 4.78 is 1.25. The van der Waals surface area contributed by atoms with E-state index in [0.29, 0.717) is 12.8 Å². The molecule has 1 saturated carbocycles. The number of aliphatic carboxylic acids is 1. The second kappa shape index (κ2) is 5.71. The number of hydrogen-bond acceptors (Lipinski definition) is 3. The van der Waals surface area contributed by atoms with Crippen molar-refractivity contribution in [2.75, 3.05) is 7.05 Å². The van der Waals surface area contributed by atoms with Crippen molar-refractivity contribution in [3.63, 3.8) is 0 Å². The minimum absolute atomic E-state index is 0.205. The number of carboxylic acid groups (broad SMARTS) is 1. The van der Waals surface area contributed by atoms with Gasteiger partial charge in [0.2, 0.25) is 0 Å². The quantitative estimate of drug-likeness (QED) is 0.909. The van der Waals surface area contributed by atoms with E-state index in [4.69, 9.17) is 0 Å². The molecule has 21 heavy (non-hydrogen) atoms. The lowest BCUT2D eigenvalue weighted by atomic mass is 9.80. The van der Waals surface area contributed by atoms with Crippen LogP contribution in [-0.2, 0) is 11.8 Å². The molecule has 1 aromatic rings. The predicted octanol–water partition coefficient (Wildman–Crippen LogP) is 1.24. The molecule has 1 heterocycles. The molecule has 1 aromatic heterocycles. The standard InChI is InChI=1S/C15H20N2O4/c1-16-11(7-6-8-12(16)18)13(19)17(2)15(14(20)21)9-4-3-5-10-15/h6-8H,3-5,9-10H2,1-2H3,(H,20,21). The van der Waals surface area contributed by atoms with Gasteiger partial charge in [0.05, 0.1) is 0 Å². The Morgan fingerprint density at radius 2 is 1.86 bits per heavy atom. The largest absolute Gasteiger partial charge is 0.479 e. The van der Waals surface area contributed by atoms with Crippen LogP contribution < -0.4 is 5.56 Å². The Balaban J connectivity index is 2.39. The number of pyridine rings is 1. The van der Waals surface area contributed by atoms with E-state index in [0.717, 1.165) is 19.3 Å². The van der Waals surface area contributed by atoms with Crippen LogP contribution in [0.5, 0.6) is 0 Å². The van der Waals surface area contributed by atoms with E-state index in [1.54, 1.807) is 6.07 Å². The van der Waals surface area contributed by atoms with Crippen molar-refractivity contribution in [1.82, 2.24) is 9.47 Å². The van der Waals surface area contributed by atoms with Crippen molar-refractivity contribution in [1.29, 1.82) is 0 Å². The van der Waals surface area contributed by atoms with Gasteiger partial charge in [0, 0.05) is 20.2 Å². The Morgan fingerprint density at radius 3 is 2.43 bits per heavy atom. The number of carbonyl (C=O) groups excluding carboxylic acids is 1. The van der Waals surface area contributed by atoms with E-state index in [1.807, 2.05) is 0 Å². The van der Waals surface area contributed by atoms with Crippen LogP contribution in [0, 0.1) is 0 Å². The summed E-state index contributed by atoms with van der Waals surface area (Å²) in [5.41, 5.74) is -1.25. The van der Waals surface area contributed by atoms with Crippen molar-refractivity contribution in [2.45, 2.75) is 37.6 Å². The van der Waals surface area contributed by atoms with E-state index < -0.39 is 17.4 Å². The van der Waals surface area contributed by atoms with Gasteiger partial charge in [-0.3, -0.25) is 9.59 Å². The molecule has 0 saturated heterocycles. The molecule has 1 aliphatic carbocycles. The van der Waals surface area contributed by atoms with Crippen LogP contribution >= 0.6 is 0 Å². The Hall–Kier alpha value is -2.11. The first kappa shape index (κ1) is 15.3. The summed E-state index contributed by atoms with van der Waals surface area (Å²) in [6.45, 7) is 0. The molecule has 0 unspecified atom stereocenters. The van der Waals surface area contributed by atoms with Gasteiger partial charge in [-0.05, 0) is 18.9 Å². The molecule has 0 spiro atoms. The molecule has 6 nitrogen and oxygen atoms in total. The summed E-state index contributed by atoms with van der Waals surface area (Å²) in [5.74, 6) is -1.40. The fourth-order valence-corrected chi connectivity index (χ4v) is 2.97. The van der Waals surface area contributed by atoms with E-state index in [1.165, 1.54) is 35.7 Å². The summed E-state index contributed by atoms with van der Waals surface area (Å²) in [5, 5.41) is 9.62. The van der Waals surface area contributed by atoms with Gasteiger partial charge in [-0.25, -0.2) is 4.79 Å². The lowest BCUT2D eigenvalue weighted by Gasteiger charge is -2.41. The summed E-state index contributed by atoms with van der Waals surface area (Å²) in [4.78, 5) is 37.3. The van der Waals surface area contributed by atoms with Gasteiger partial charge in [-0.2, -0.15) is 0 Å².